The zero-order valence-corrected chi connectivity index (χ0v) is 18.5. The van der Waals surface area contributed by atoms with E-state index in [4.69, 9.17) is 11.6 Å². The lowest BCUT2D eigenvalue weighted by Crippen LogP contribution is -2.32. The minimum atomic E-state index is -3.63. The van der Waals surface area contributed by atoms with Gasteiger partial charge >= 0.3 is 0 Å². The van der Waals surface area contributed by atoms with E-state index < -0.39 is 10.0 Å². The summed E-state index contributed by atoms with van der Waals surface area (Å²) >= 11 is 7.83. The Bertz CT molecular complexity index is 928. The van der Waals surface area contributed by atoms with E-state index in [-0.39, 0.29) is 21.4 Å². The van der Waals surface area contributed by atoms with Gasteiger partial charge in [0.15, 0.2) is 0 Å². The van der Waals surface area contributed by atoms with Crippen LogP contribution in [0.1, 0.15) is 36.0 Å². The van der Waals surface area contributed by atoms with Gasteiger partial charge in [-0.15, -0.1) is 11.8 Å². The Hall–Kier alpha value is -1.54. The summed E-state index contributed by atoms with van der Waals surface area (Å²) in [5.74, 6) is 0.343. The normalized spacial score (nSPS) is 15.6. The van der Waals surface area contributed by atoms with Crippen molar-refractivity contribution in [3.8, 4) is 0 Å². The van der Waals surface area contributed by atoms with Crippen LogP contribution in [0.15, 0.2) is 58.3 Å². The predicted molar refractivity (Wildman–Crippen MR) is 118 cm³/mol. The van der Waals surface area contributed by atoms with Gasteiger partial charge in [0.25, 0.3) is 5.91 Å². The average molecular weight is 453 g/mol. The van der Waals surface area contributed by atoms with E-state index in [1.807, 2.05) is 30.3 Å². The van der Waals surface area contributed by atoms with Gasteiger partial charge in [0.1, 0.15) is 0 Å². The molecule has 1 aliphatic heterocycles. The summed E-state index contributed by atoms with van der Waals surface area (Å²) in [5, 5.41) is 3.07. The minimum Gasteiger partial charge on any atom is -0.351 e. The van der Waals surface area contributed by atoms with Crippen LogP contribution in [0.2, 0.25) is 5.02 Å². The molecular weight excluding hydrogens is 428 g/mol. The first kappa shape index (κ1) is 22.2. The van der Waals surface area contributed by atoms with E-state index in [0.29, 0.717) is 25.4 Å². The quantitative estimate of drug-likeness (QED) is 0.498. The number of carbonyl (C=O) groups is 1. The molecule has 8 heteroatoms. The summed E-state index contributed by atoms with van der Waals surface area (Å²) in [6.45, 7) is 1.49. The topological polar surface area (TPSA) is 66.5 Å². The van der Waals surface area contributed by atoms with Crippen molar-refractivity contribution in [3.63, 3.8) is 0 Å². The monoisotopic (exact) mass is 452 g/mol. The first-order chi connectivity index (χ1) is 14.0. The van der Waals surface area contributed by atoms with Crippen molar-refractivity contribution in [2.75, 3.05) is 25.4 Å². The van der Waals surface area contributed by atoms with Crippen LogP contribution in [-0.2, 0) is 10.0 Å². The molecule has 0 aliphatic carbocycles. The maximum atomic E-state index is 13.0. The number of thioether (sulfide) groups is 1. The van der Waals surface area contributed by atoms with E-state index >= 15 is 0 Å². The third kappa shape index (κ3) is 5.98. The summed E-state index contributed by atoms with van der Waals surface area (Å²) in [6.07, 6.45) is 3.81. The van der Waals surface area contributed by atoms with Crippen molar-refractivity contribution in [2.24, 2.45) is 0 Å². The second kappa shape index (κ2) is 10.5. The van der Waals surface area contributed by atoms with Crippen molar-refractivity contribution >= 4 is 39.3 Å². The Morgan fingerprint density at radius 2 is 1.72 bits per heavy atom. The lowest BCUT2D eigenvalue weighted by molar-refractivity contribution is 0.0956. The molecule has 1 saturated heterocycles. The number of carbonyl (C=O) groups excluding carboxylic acids is 1. The lowest BCUT2D eigenvalue weighted by atomic mass is 10.2. The van der Waals surface area contributed by atoms with Crippen LogP contribution in [0.25, 0.3) is 0 Å². The fourth-order valence-corrected chi connectivity index (χ4v) is 5.75. The highest BCUT2D eigenvalue weighted by atomic mass is 35.5. The molecule has 0 saturated carbocycles. The van der Waals surface area contributed by atoms with E-state index in [1.165, 1.54) is 22.5 Å². The number of sulfonamides is 1. The molecule has 0 unspecified atom stereocenters. The van der Waals surface area contributed by atoms with Crippen LogP contribution in [0.4, 0.5) is 0 Å². The average Bonchev–Trinajstić information content (AvgIpc) is 3.02. The van der Waals surface area contributed by atoms with Gasteiger partial charge in [-0.25, -0.2) is 8.42 Å². The number of nitrogens with zero attached hydrogens (tertiary/aromatic N) is 1. The van der Waals surface area contributed by atoms with Gasteiger partial charge in [-0.3, -0.25) is 4.79 Å². The highest BCUT2D eigenvalue weighted by Crippen LogP contribution is 2.25. The van der Waals surface area contributed by atoms with E-state index in [2.05, 4.69) is 5.32 Å². The van der Waals surface area contributed by atoms with Crippen LogP contribution in [0, 0.1) is 0 Å². The third-order valence-electron chi connectivity index (χ3n) is 4.78. The van der Waals surface area contributed by atoms with Crippen molar-refractivity contribution in [3.05, 3.63) is 59.1 Å². The number of nitrogens with one attached hydrogen (secondary N) is 1. The minimum absolute atomic E-state index is 0.118. The number of hydrogen-bond donors (Lipinski definition) is 1. The van der Waals surface area contributed by atoms with Crippen LogP contribution in [0.3, 0.4) is 0 Å². The van der Waals surface area contributed by atoms with Gasteiger partial charge in [0.05, 0.1) is 15.5 Å². The number of benzene rings is 2. The molecule has 0 radical (unpaired) electrons. The van der Waals surface area contributed by atoms with Crippen LogP contribution < -0.4 is 5.32 Å². The molecule has 0 aromatic heterocycles. The van der Waals surface area contributed by atoms with Gasteiger partial charge in [-0.2, -0.15) is 4.31 Å². The largest absolute Gasteiger partial charge is 0.351 e. The predicted octanol–water partition coefficient (Wildman–Crippen LogP) is 4.43. The lowest BCUT2D eigenvalue weighted by Gasteiger charge is -2.20. The Kier molecular flexibility index (Phi) is 8.00. The summed E-state index contributed by atoms with van der Waals surface area (Å²) < 4.78 is 27.5. The highest BCUT2D eigenvalue weighted by Gasteiger charge is 2.26. The standard InChI is InChI=1S/C21H25ClN2O3S2/c22-20-11-10-18(29(26,27)24-13-6-1-2-7-14-24)16-19(20)21(25)23-12-15-28-17-8-4-3-5-9-17/h3-5,8-11,16H,1-2,6-7,12-15H2,(H,23,25). The molecule has 5 nitrogen and oxygen atoms in total. The molecule has 156 valence electrons. The molecule has 2 aromatic rings. The fraction of sp³-hybridized carbons (Fsp3) is 0.381. The molecule has 1 amide bonds. The Morgan fingerprint density at radius 1 is 1.03 bits per heavy atom. The van der Waals surface area contributed by atoms with Crippen molar-refractivity contribution in [1.82, 2.24) is 9.62 Å². The van der Waals surface area contributed by atoms with Gasteiger partial charge in [-0.1, -0.05) is 42.6 Å². The Morgan fingerprint density at radius 3 is 2.41 bits per heavy atom. The molecule has 3 rings (SSSR count). The summed E-state index contributed by atoms with van der Waals surface area (Å²) in [5.41, 5.74) is 0.187. The van der Waals surface area contributed by atoms with E-state index in [0.717, 1.165) is 30.6 Å². The van der Waals surface area contributed by atoms with E-state index in [9.17, 15) is 13.2 Å². The smallest absolute Gasteiger partial charge is 0.252 e. The number of rotatable bonds is 7. The first-order valence-electron chi connectivity index (χ1n) is 9.74. The highest BCUT2D eigenvalue weighted by molar-refractivity contribution is 7.99. The zero-order chi connectivity index (χ0) is 20.7. The Balaban J connectivity index is 1.65. The molecule has 29 heavy (non-hydrogen) atoms. The molecule has 2 aromatic carbocycles. The van der Waals surface area contributed by atoms with Gasteiger partial charge in [-0.05, 0) is 43.2 Å². The second-order valence-corrected chi connectivity index (χ2v) is 10.4. The summed E-state index contributed by atoms with van der Waals surface area (Å²) in [6, 6.07) is 14.3. The number of amides is 1. The number of hydrogen-bond acceptors (Lipinski definition) is 4. The maximum absolute atomic E-state index is 13.0. The Labute approximate surface area is 181 Å². The third-order valence-corrected chi connectivity index (χ3v) is 8.02. The molecule has 0 spiro atoms. The SMILES string of the molecule is O=C(NCCSc1ccccc1)c1cc(S(=O)(=O)N2CCCCCC2)ccc1Cl. The fourth-order valence-electron chi connectivity index (χ4n) is 3.22. The van der Waals surface area contributed by atoms with Crippen molar-refractivity contribution in [2.45, 2.75) is 35.5 Å². The van der Waals surface area contributed by atoms with Crippen LogP contribution in [0.5, 0.6) is 0 Å². The van der Waals surface area contributed by atoms with Crippen LogP contribution in [-0.4, -0.2) is 44.0 Å². The number of halogens is 1. The maximum Gasteiger partial charge on any atom is 0.252 e. The second-order valence-electron chi connectivity index (χ2n) is 6.88. The van der Waals surface area contributed by atoms with Crippen molar-refractivity contribution in [1.29, 1.82) is 0 Å². The summed E-state index contributed by atoms with van der Waals surface area (Å²) in [7, 11) is -3.63. The molecule has 1 heterocycles. The van der Waals surface area contributed by atoms with Gasteiger partial charge in [0, 0.05) is 30.3 Å². The van der Waals surface area contributed by atoms with Crippen LogP contribution >= 0.6 is 23.4 Å². The zero-order valence-electron chi connectivity index (χ0n) is 16.1. The molecule has 1 fully saturated rings. The van der Waals surface area contributed by atoms with E-state index in [1.54, 1.807) is 11.8 Å². The molecule has 1 N–H and O–H groups in total. The van der Waals surface area contributed by atoms with Gasteiger partial charge < -0.3 is 5.32 Å². The summed E-state index contributed by atoms with van der Waals surface area (Å²) in [4.78, 5) is 13.8. The first-order valence-corrected chi connectivity index (χ1v) is 12.5. The molecular formula is C21H25ClN2O3S2. The van der Waals surface area contributed by atoms with Crippen molar-refractivity contribution < 1.29 is 13.2 Å². The van der Waals surface area contributed by atoms with Gasteiger partial charge in [0.2, 0.25) is 10.0 Å². The molecule has 1 aliphatic rings. The molecule has 0 bridgehead atoms. The molecule has 0 atom stereocenters.